The number of rotatable bonds is 2. The molecule has 0 saturated carbocycles. The van der Waals surface area contributed by atoms with Gasteiger partial charge in [-0.2, -0.15) is 0 Å². The molecule has 2 nitrogen and oxygen atoms in total. The highest BCUT2D eigenvalue weighted by Crippen LogP contribution is 2.36. The third-order valence-electron chi connectivity index (χ3n) is 2.32. The van der Waals surface area contributed by atoms with Gasteiger partial charge in [0.05, 0.1) is 6.61 Å². The van der Waals surface area contributed by atoms with E-state index in [2.05, 4.69) is 0 Å². The van der Waals surface area contributed by atoms with E-state index in [1.165, 1.54) is 0 Å². The largest absolute Gasteiger partial charge is 0.493 e. The lowest BCUT2D eigenvalue weighted by atomic mass is 9.95. The van der Waals surface area contributed by atoms with Crippen LogP contribution in [0, 0.1) is 0 Å². The molecule has 1 aliphatic rings. The number of aldehydes is 1. The van der Waals surface area contributed by atoms with Gasteiger partial charge in [-0.05, 0) is 46.3 Å². The summed E-state index contributed by atoms with van der Waals surface area (Å²) in [6.45, 7) is 0.615. The second-order valence-corrected chi connectivity index (χ2v) is 4.25. The van der Waals surface area contributed by atoms with Crippen molar-refractivity contribution in [2.45, 2.75) is 17.2 Å². The summed E-state index contributed by atoms with van der Waals surface area (Å²) in [6.07, 6.45) is 1.73. The minimum Gasteiger partial charge on any atom is -0.493 e. The van der Waals surface area contributed by atoms with Crippen molar-refractivity contribution in [3.63, 3.8) is 0 Å². The summed E-state index contributed by atoms with van der Waals surface area (Å²) in [5, 5.41) is 0. The number of carbonyl (C=O) groups excluding carboxylic acids is 1. The number of ether oxygens (including phenoxy) is 1. The molecule has 0 aliphatic carbocycles. The molecule has 0 bridgehead atoms. The number of halogens is 1. The van der Waals surface area contributed by atoms with Gasteiger partial charge >= 0.3 is 0 Å². The highest BCUT2D eigenvalue weighted by Gasteiger charge is 2.20. The molecule has 1 heterocycles. The van der Waals surface area contributed by atoms with Gasteiger partial charge in [-0.3, -0.25) is 0 Å². The Kier molecular flexibility index (Phi) is 2.99. The molecular formula is C10H9ClO2S. The normalized spacial score (nSPS) is 19.6. The molecule has 0 N–H and O–H groups in total. The topological polar surface area (TPSA) is 26.3 Å². The molecule has 1 atom stereocenters. The average Bonchev–Trinajstić information content (AvgIpc) is 2.27. The first kappa shape index (κ1) is 9.87. The maximum Gasteiger partial charge on any atom is 0.127 e. The highest BCUT2D eigenvalue weighted by molar-refractivity contribution is 8.21. The molecule has 4 heteroatoms. The zero-order chi connectivity index (χ0) is 9.97. The Balaban J connectivity index is 2.43. The second kappa shape index (κ2) is 4.24. The van der Waals surface area contributed by atoms with Gasteiger partial charge in [-0.1, -0.05) is 0 Å². The first-order valence-electron chi connectivity index (χ1n) is 4.36. The van der Waals surface area contributed by atoms with Crippen LogP contribution in [0.4, 0.5) is 0 Å². The summed E-state index contributed by atoms with van der Waals surface area (Å²) < 4.78 is 5.44. The van der Waals surface area contributed by atoms with E-state index in [0.29, 0.717) is 6.61 Å². The lowest BCUT2D eigenvalue weighted by Gasteiger charge is -2.22. The monoisotopic (exact) mass is 228 g/mol. The van der Waals surface area contributed by atoms with E-state index in [1.807, 2.05) is 18.2 Å². The minimum absolute atomic E-state index is 0.0393. The van der Waals surface area contributed by atoms with E-state index in [9.17, 15) is 4.79 Å². The van der Waals surface area contributed by atoms with E-state index < -0.39 is 0 Å². The smallest absolute Gasteiger partial charge is 0.127 e. The van der Waals surface area contributed by atoms with Crippen LogP contribution in [-0.4, -0.2) is 12.9 Å². The van der Waals surface area contributed by atoms with Crippen molar-refractivity contribution in [3.8, 4) is 5.75 Å². The fourth-order valence-corrected chi connectivity index (χ4v) is 2.17. The lowest BCUT2D eigenvalue weighted by molar-refractivity contribution is -0.109. The second-order valence-electron chi connectivity index (χ2n) is 3.16. The molecule has 14 heavy (non-hydrogen) atoms. The van der Waals surface area contributed by atoms with Crippen LogP contribution in [-0.2, 0) is 4.79 Å². The zero-order valence-electron chi connectivity index (χ0n) is 7.40. The quantitative estimate of drug-likeness (QED) is 0.728. The molecule has 0 fully saturated rings. The third-order valence-corrected chi connectivity index (χ3v) is 3.29. The van der Waals surface area contributed by atoms with E-state index in [1.54, 1.807) is 0 Å². The van der Waals surface area contributed by atoms with Gasteiger partial charge in [0.2, 0.25) is 0 Å². The van der Waals surface area contributed by atoms with Gasteiger partial charge in [0.25, 0.3) is 0 Å². The van der Waals surface area contributed by atoms with E-state index in [0.717, 1.165) is 39.9 Å². The Morgan fingerprint density at radius 3 is 3.14 bits per heavy atom. The Morgan fingerprint density at radius 1 is 1.57 bits per heavy atom. The Labute approximate surface area is 91.1 Å². The number of fused-ring (bicyclic) bond motifs is 1. The zero-order valence-corrected chi connectivity index (χ0v) is 8.98. The highest BCUT2D eigenvalue weighted by atomic mass is 35.7. The predicted molar refractivity (Wildman–Crippen MR) is 57.1 cm³/mol. The standard InChI is InChI=1S/C10H9ClO2S/c11-14-8-1-2-10-9(5-8)7(6-12)3-4-13-10/h1-2,5-7H,3-4H2. The van der Waals surface area contributed by atoms with Crippen molar-refractivity contribution in [2.24, 2.45) is 0 Å². The van der Waals surface area contributed by atoms with Crippen LogP contribution in [0.3, 0.4) is 0 Å². The van der Waals surface area contributed by atoms with Gasteiger partial charge in [0.1, 0.15) is 12.0 Å². The SMILES string of the molecule is O=CC1CCOc2ccc(SCl)cc21. The lowest BCUT2D eigenvalue weighted by Crippen LogP contribution is -2.14. The van der Waals surface area contributed by atoms with Crippen molar-refractivity contribution in [1.29, 1.82) is 0 Å². The fourth-order valence-electron chi connectivity index (χ4n) is 1.59. The molecule has 2 rings (SSSR count). The number of carbonyl (C=O) groups is 1. The Bertz CT molecular complexity index is 354. The first-order valence-corrected chi connectivity index (χ1v) is 6.00. The van der Waals surface area contributed by atoms with Gasteiger partial charge in [0, 0.05) is 16.4 Å². The molecule has 0 aromatic heterocycles. The van der Waals surface area contributed by atoms with Crippen molar-refractivity contribution in [3.05, 3.63) is 23.8 Å². The number of benzene rings is 1. The van der Waals surface area contributed by atoms with Crippen LogP contribution < -0.4 is 4.74 Å². The van der Waals surface area contributed by atoms with Crippen LogP contribution in [0.1, 0.15) is 17.9 Å². The Hall–Kier alpha value is -0.670. The maximum absolute atomic E-state index is 10.8. The minimum atomic E-state index is -0.0393. The fraction of sp³-hybridized carbons (Fsp3) is 0.300. The molecule has 1 aromatic rings. The van der Waals surface area contributed by atoms with E-state index >= 15 is 0 Å². The van der Waals surface area contributed by atoms with Gasteiger partial charge in [0.15, 0.2) is 0 Å². The molecular weight excluding hydrogens is 220 g/mol. The summed E-state index contributed by atoms with van der Waals surface area (Å²) in [5.41, 5.74) is 0.955. The summed E-state index contributed by atoms with van der Waals surface area (Å²) in [5.74, 6) is 0.769. The van der Waals surface area contributed by atoms with Gasteiger partial charge in [-0.15, -0.1) is 0 Å². The first-order chi connectivity index (χ1) is 6.85. The van der Waals surface area contributed by atoms with Crippen LogP contribution in [0.5, 0.6) is 5.75 Å². The molecule has 1 unspecified atom stereocenters. The number of hydrogen-bond donors (Lipinski definition) is 0. The summed E-state index contributed by atoms with van der Waals surface area (Å²) in [6, 6.07) is 5.69. The van der Waals surface area contributed by atoms with Crippen LogP contribution in [0.2, 0.25) is 0 Å². The third kappa shape index (κ3) is 1.74. The summed E-state index contributed by atoms with van der Waals surface area (Å²) in [4.78, 5) is 11.8. The van der Waals surface area contributed by atoms with Crippen LogP contribution in [0.15, 0.2) is 23.1 Å². The van der Waals surface area contributed by atoms with Crippen LogP contribution >= 0.6 is 21.7 Å². The van der Waals surface area contributed by atoms with Gasteiger partial charge < -0.3 is 9.53 Å². The molecule has 1 aliphatic heterocycles. The molecule has 1 aromatic carbocycles. The average molecular weight is 229 g/mol. The molecule has 0 spiro atoms. The van der Waals surface area contributed by atoms with E-state index in [-0.39, 0.29) is 5.92 Å². The summed E-state index contributed by atoms with van der Waals surface area (Å²) >= 11 is 0. The molecule has 0 radical (unpaired) electrons. The predicted octanol–water partition coefficient (Wildman–Crippen LogP) is 3.00. The summed E-state index contributed by atoms with van der Waals surface area (Å²) in [7, 11) is 6.80. The Morgan fingerprint density at radius 2 is 2.43 bits per heavy atom. The molecule has 0 saturated heterocycles. The van der Waals surface area contributed by atoms with Crippen molar-refractivity contribution >= 4 is 27.9 Å². The van der Waals surface area contributed by atoms with Crippen molar-refractivity contribution in [1.82, 2.24) is 0 Å². The number of hydrogen-bond acceptors (Lipinski definition) is 3. The van der Waals surface area contributed by atoms with Crippen molar-refractivity contribution in [2.75, 3.05) is 6.61 Å². The van der Waals surface area contributed by atoms with E-state index in [4.69, 9.17) is 15.4 Å². The van der Waals surface area contributed by atoms with Crippen LogP contribution in [0.25, 0.3) is 0 Å². The maximum atomic E-state index is 10.8. The van der Waals surface area contributed by atoms with Gasteiger partial charge in [-0.25, -0.2) is 0 Å². The van der Waals surface area contributed by atoms with Crippen molar-refractivity contribution < 1.29 is 9.53 Å². The molecule has 74 valence electrons. The molecule has 0 amide bonds.